The minimum atomic E-state index is -1.03. The van der Waals surface area contributed by atoms with Gasteiger partial charge in [-0.25, -0.2) is 9.59 Å². The molecule has 0 aliphatic rings. The highest BCUT2D eigenvalue weighted by Crippen LogP contribution is 2.20. The number of alkyl carbamates (subject to hydrolysis) is 1. The van der Waals surface area contributed by atoms with E-state index in [0.29, 0.717) is 16.8 Å². The molecular formula is C22H26N2O6. The van der Waals surface area contributed by atoms with E-state index in [4.69, 9.17) is 14.6 Å². The molecule has 2 aromatic rings. The molecule has 8 nitrogen and oxygen atoms in total. The number of carboxylic acid groups (broad SMARTS) is 1. The van der Waals surface area contributed by atoms with Crippen LogP contribution in [0.15, 0.2) is 48.5 Å². The number of anilines is 1. The number of amides is 2. The monoisotopic (exact) mass is 414 g/mol. The molecule has 0 heterocycles. The number of benzene rings is 2. The molecule has 30 heavy (non-hydrogen) atoms. The highest BCUT2D eigenvalue weighted by atomic mass is 16.6. The van der Waals surface area contributed by atoms with Crippen molar-refractivity contribution in [3.63, 3.8) is 0 Å². The van der Waals surface area contributed by atoms with Crippen LogP contribution in [0.2, 0.25) is 0 Å². The van der Waals surface area contributed by atoms with Gasteiger partial charge in [0.1, 0.15) is 12.2 Å². The summed E-state index contributed by atoms with van der Waals surface area (Å²) in [5.41, 5.74) is 1.59. The van der Waals surface area contributed by atoms with Crippen molar-refractivity contribution in [2.75, 3.05) is 5.32 Å². The van der Waals surface area contributed by atoms with Crippen LogP contribution in [0.4, 0.5) is 15.3 Å². The van der Waals surface area contributed by atoms with Crippen LogP contribution in [-0.2, 0) is 33.8 Å². The van der Waals surface area contributed by atoms with Crippen molar-refractivity contribution in [3.8, 4) is 0 Å². The first-order valence-corrected chi connectivity index (χ1v) is 9.40. The maximum Gasteiger partial charge on any atom is 0.411 e. The normalized spacial score (nSPS) is 10.8. The molecule has 0 radical (unpaired) electrons. The average molecular weight is 414 g/mol. The van der Waals surface area contributed by atoms with E-state index in [2.05, 4.69) is 10.6 Å². The van der Waals surface area contributed by atoms with Crippen LogP contribution in [0, 0.1) is 0 Å². The van der Waals surface area contributed by atoms with Gasteiger partial charge in [-0.2, -0.15) is 0 Å². The molecule has 2 aromatic carbocycles. The first kappa shape index (κ1) is 22.7. The Morgan fingerprint density at radius 1 is 0.967 bits per heavy atom. The van der Waals surface area contributed by atoms with Crippen LogP contribution < -0.4 is 10.6 Å². The minimum Gasteiger partial charge on any atom is -0.481 e. The summed E-state index contributed by atoms with van der Waals surface area (Å²) in [4.78, 5) is 35.1. The smallest absolute Gasteiger partial charge is 0.411 e. The molecule has 3 N–H and O–H groups in total. The molecule has 2 amide bonds. The Morgan fingerprint density at radius 2 is 1.67 bits per heavy atom. The molecule has 0 saturated carbocycles. The van der Waals surface area contributed by atoms with Crippen molar-refractivity contribution in [2.45, 2.75) is 45.9 Å². The maximum absolute atomic E-state index is 12.2. The number of nitrogens with one attached hydrogen (secondary N) is 2. The van der Waals surface area contributed by atoms with Crippen LogP contribution in [0.5, 0.6) is 0 Å². The van der Waals surface area contributed by atoms with Gasteiger partial charge in [0.05, 0.1) is 6.42 Å². The van der Waals surface area contributed by atoms with Crippen LogP contribution in [-0.4, -0.2) is 28.9 Å². The van der Waals surface area contributed by atoms with Gasteiger partial charge in [-0.1, -0.05) is 42.5 Å². The zero-order chi connectivity index (χ0) is 22.1. The van der Waals surface area contributed by atoms with Crippen molar-refractivity contribution in [1.82, 2.24) is 5.32 Å². The van der Waals surface area contributed by atoms with E-state index in [1.807, 2.05) is 30.3 Å². The predicted molar refractivity (Wildman–Crippen MR) is 111 cm³/mol. The summed E-state index contributed by atoms with van der Waals surface area (Å²) < 4.78 is 10.4. The van der Waals surface area contributed by atoms with E-state index < -0.39 is 23.8 Å². The van der Waals surface area contributed by atoms with E-state index >= 15 is 0 Å². The standard InChI is InChI=1S/C22H26N2O6/c1-22(2,3)30-20(27)23-13-16-9-10-17(12-19(25)26)18(11-16)24-21(28)29-14-15-7-5-4-6-8-15/h4-11H,12-14H2,1-3H3,(H,23,27)(H,24,28)(H,25,26). The second-order valence-electron chi connectivity index (χ2n) is 7.60. The topological polar surface area (TPSA) is 114 Å². The van der Waals surface area contributed by atoms with Gasteiger partial charge in [0.2, 0.25) is 0 Å². The number of aliphatic carboxylic acids is 1. The molecule has 8 heteroatoms. The fourth-order valence-corrected chi connectivity index (χ4v) is 2.52. The number of ether oxygens (including phenoxy) is 2. The van der Waals surface area contributed by atoms with Gasteiger partial charge >= 0.3 is 18.2 Å². The summed E-state index contributed by atoms with van der Waals surface area (Å²) in [7, 11) is 0. The number of carboxylic acids is 1. The molecule has 0 atom stereocenters. The lowest BCUT2D eigenvalue weighted by Gasteiger charge is -2.20. The van der Waals surface area contributed by atoms with Crippen LogP contribution in [0.25, 0.3) is 0 Å². The Labute approximate surface area is 175 Å². The Bertz CT molecular complexity index is 890. The van der Waals surface area contributed by atoms with Crippen molar-refractivity contribution in [3.05, 3.63) is 65.2 Å². The molecule has 160 valence electrons. The highest BCUT2D eigenvalue weighted by Gasteiger charge is 2.16. The van der Waals surface area contributed by atoms with E-state index in [1.165, 1.54) is 0 Å². The second-order valence-corrected chi connectivity index (χ2v) is 7.60. The van der Waals surface area contributed by atoms with Crippen molar-refractivity contribution >= 4 is 23.8 Å². The van der Waals surface area contributed by atoms with Crippen molar-refractivity contribution < 1.29 is 29.0 Å². The maximum atomic E-state index is 12.2. The predicted octanol–water partition coefficient (Wildman–Crippen LogP) is 4.09. The summed E-state index contributed by atoms with van der Waals surface area (Å²) in [6.45, 7) is 5.51. The molecule has 0 aromatic heterocycles. The summed E-state index contributed by atoms with van der Waals surface area (Å²) in [5.74, 6) is -1.03. The molecule has 0 spiro atoms. The van der Waals surface area contributed by atoms with E-state index in [-0.39, 0.29) is 19.6 Å². The van der Waals surface area contributed by atoms with Gasteiger partial charge in [-0.15, -0.1) is 0 Å². The second kappa shape index (κ2) is 10.3. The number of carbonyl (C=O) groups is 3. The third-order valence-corrected chi connectivity index (χ3v) is 3.80. The highest BCUT2D eigenvalue weighted by molar-refractivity contribution is 5.87. The number of hydrogen-bond donors (Lipinski definition) is 3. The van der Waals surface area contributed by atoms with Crippen LogP contribution in [0.1, 0.15) is 37.5 Å². The number of rotatable bonds is 7. The molecule has 0 saturated heterocycles. The molecule has 0 fully saturated rings. The Morgan fingerprint density at radius 3 is 2.30 bits per heavy atom. The fraction of sp³-hybridized carbons (Fsp3) is 0.318. The first-order valence-electron chi connectivity index (χ1n) is 9.40. The zero-order valence-electron chi connectivity index (χ0n) is 17.2. The lowest BCUT2D eigenvalue weighted by molar-refractivity contribution is -0.136. The van der Waals surface area contributed by atoms with Gasteiger partial charge < -0.3 is 19.9 Å². The lowest BCUT2D eigenvalue weighted by Crippen LogP contribution is -2.32. The summed E-state index contributed by atoms with van der Waals surface area (Å²) >= 11 is 0. The molecule has 0 unspecified atom stereocenters. The Balaban J connectivity index is 2.04. The Hall–Kier alpha value is -3.55. The van der Waals surface area contributed by atoms with Gasteiger partial charge in [0, 0.05) is 12.2 Å². The van der Waals surface area contributed by atoms with E-state index in [1.54, 1.807) is 39.0 Å². The summed E-state index contributed by atoms with van der Waals surface area (Å²) in [6.07, 6.45) is -1.55. The zero-order valence-corrected chi connectivity index (χ0v) is 17.2. The van der Waals surface area contributed by atoms with Crippen molar-refractivity contribution in [2.24, 2.45) is 0 Å². The fourth-order valence-electron chi connectivity index (χ4n) is 2.52. The van der Waals surface area contributed by atoms with Gasteiger partial charge in [-0.3, -0.25) is 10.1 Å². The van der Waals surface area contributed by atoms with Gasteiger partial charge in [-0.05, 0) is 43.5 Å². The third kappa shape index (κ3) is 8.22. The lowest BCUT2D eigenvalue weighted by atomic mass is 10.1. The largest absolute Gasteiger partial charge is 0.481 e. The van der Waals surface area contributed by atoms with E-state index in [0.717, 1.165) is 5.56 Å². The van der Waals surface area contributed by atoms with Gasteiger partial charge in [0.15, 0.2) is 0 Å². The average Bonchev–Trinajstić information content (AvgIpc) is 2.65. The SMILES string of the molecule is CC(C)(C)OC(=O)NCc1ccc(CC(=O)O)c(NC(=O)OCc2ccccc2)c1. The molecule has 0 aliphatic heterocycles. The number of hydrogen-bond acceptors (Lipinski definition) is 5. The van der Waals surface area contributed by atoms with Crippen LogP contribution >= 0.6 is 0 Å². The quantitative estimate of drug-likeness (QED) is 0.629. The van der Waals surface area contributed by atoms with Gasteiger partial charge in [0.25, 0.3) is 0 Å². The third-order valence-electron chi connectivity index (χ3n) is 3.80. The molecule has 2 rings (SSSR count). The van der Waals surface area contributed by atoms with Crippen LogP contribution in [0.3, 0.4) is 0 Å². The molecular weight excluding hydrogens is 388 g/mol. The van der Waals surface area contributed by atoms with Crippen molar-refractivity contribution in [1.29, 1.82) is 0 Å². The minimum absolute atomic E-state index is 0.0842. The molecule has 0 bridgehead atoms. The Kier molecular flexibility index (Phi) is 7.80. The summed E-state index contributed by atoms with van der Waals surface area (Å²) in [6, 6.07) is 14.0. The molecule has 0 aliphatic carbocycles. The van der Waals surface area contributed by atoms with E-state index in [9.17, 15) is 14.4 Å². The number of carbonyl (C=O) groups excluding carboxylic acids is 2. The summed E-state index contributed by atoms with van der Waals surface area (Å²) in [5, 5.41) is 14.3. The first-order chi connectivity index (χ1) is 14.1.